The molecule has 0 saturated carbocycles. The van der Waals surface area contributed by atoms with Crippen molar-refractivity contribution in [2.45, 2.75) is 17.7 Å². The Balaban J connectivity index is 1.75. The van der Waals surface area contributed by atoms with Crippen LogP contribution in [0.4, 0.5) is 0 Å². The zero-order valence-electron chi connectivity index (χ0n) is 9.22. The maximum Gasteiger partial charge on any atom is 0.226 e. The summed E-state index contributed by atoms with van der Waals surface area (Å²) in [5.41, 5.74) is 2.04. The molecule has 1 aliphatic heterocycles. The number of hydrogen-bond donors (Lipinski definition) is 3. The van der Waals surface area contributed by atoms with E-state index >= 15 is 0 Å². The van der Waals surface area contributed by atoms with Gasteiger partial charge < -0.3 is 10.6 Å². The third-order valence-corrected chi connectivity index (χ3v) is 3.62. The van der Waals surface area contributed by atoms with Crippen molar-refractivity contribution < 1.29 is 4.79 Å². The highest BCUT2D eigenvalue weighted by Crippen LogP contribution is 2.24. The highest BCUT2D eigenvalue weighted by atomic mass is 32.2. The first kappa shape index (κ1) is 12.4. The van der Waals surface area contributed by atoms with Crippen molar-refractivity contribution in [1.29, 1.82) is 0 Å². The van der Waals surface area contributed by atoms with Crippen molar-refractivity contribution in [2.75, 3.05) is 0 Å². The van der Waals surface area contributed by atoms with Crippen LogP contribution in [0.2, 0.25) is 0 Å². The van der Waals surface area contributed by atoms with Gasteiger partial charge in [0.05, 0.1) is 6.42 Å². The average Bonchev–Trinajstić information content (AvgIpc) is 2.73. The quantitative estimate of drug-likeness (QED) is 0.731. The molecule has 0 fully saturated rings. The van der Waals surface area contributed by atoms with E-state index in [1.165, 1.54) is 0 Å². The molecule has 1 unspecified atom stereocenters. The van der Waals surface area contributed by atoms with Crippen LogP contribution < -0.4 is 10.6 Å². The van der Waals surface area contributed by atoms with Gasteiger partial charge in [-0.05, 0) is 11.0 Å². The molecule has 0 radical (unpaired) electrons. The molecule has 1 atom stereocenters. The third kappa shape index (κ3) is 4.02. The van der Waals surface area contributed by atoms with Gasteiger partial charge in [0, 0.05) is 12.2 Å². The van der Waals surface area contributed by atoms with Gasteiger partial charge in [-0.3, -0.25) is 4.79 Å². The Morgan fingerprint density at radius 3 is 2.82 bits per heavy atom. The number of amides is 1. The van der Waals surface area contributed by atoms with Crippen LogP contribution in [0.5, 0.6) is 0 Å². The number of thioether (sulfide) groups is 1. The van der Waals surface area contributed by atoms with Crippen LogP contribution in [0.15, 0.2) is 41.4 Å². The van der Waals surface area contributed by atoms with Crippen molar-refractivity contribution in [3.8, 4) is 0 Å². The Morgan fingerprint density at radius 2 is 2.18 bits per heavy atom. The average molecular weight is 266 g/mol. The van der Waals surface area contributed by atoms with Crippen LogP contribution in [-0.2, 0) is 11.3 Å². The molecule has 1 amide bonds. The SMILES string of the molecule is O=C(CC1=CSC(S)N1)NCc1ccccc1. The van der Waals surface area contributed by atoms with E-state index in [-0.39, 0.29) is 10.6 Å². The fourth-order valence-electron chi connectivity index (χ4n) is 1.50. The second-order valence-corrected chi connectivity index (χ2v) is 5.56. The number of carbonyl (C=O) groups is 1. The van der Waals surface area contributed by atoms with Crippen LogP contribution in [0.3, 0.4) is 0 Å². The van der Waals surface area contributed by atoms with E-state index in [0.29, 0.717) is 13.0 Å². The number of carbonyl (C=O) groups excluding carboxylic acids is 1. The number of nitrogens with one attached hydrogen (secondary N) is 2. The van der Waals surface area contributed by atoms with E-state index in [1.54, 1.807) is 11.8 Å². The molecule has 2 N–H and O–H groups in total. The molecular formula is C12H14N2OS2. The van der Waals surface area contributed by atoms with Gasteiger partial charge in [0.15, 0.2) is 0 Å². The normalized spacial score (nSPS) is 18.4. The molecule has 0 bridgehead atoms. The van der Waals surface area contributed by atoms with Crippen molar-refractivity contribution >= 4 is 30.3 Å². The Bertz CT molecular complexity index is 420. The predicted molar refractivity (Wildman–Crippen MR) is 74.5 cm³/mol. The fraction of sp³-hybridized carbons (Fsp3) is 0.250. The predicted octanol–water partition coefficient (Wildman–Crippen LogP) is 2.08. The maximum atomic E-state index is 11.7. The van der Waals surface area contributed by atoms with Gasteiger partial charge in [-0.2, -0.15) is 0 Å². The summed E-state index contributed by atoms with van der Waals surface area (Å²) in [7, 11) is 0. The van der Waals surface area contributed by atoms with Gasteiger partial charge in [0.1, 0.15) is 4.71 Å². The Labute approximate surface area is 110 Å². The first-order chi connectivity index (χ1) is 8.24. The van der Waals surface area contributed by atoms with E-state index in [9.17, 15) is 4.79 Å². The molecule has 1 heterocycles. The standard InChI is InChI=1S/C12H14N2OS2/c15-11(6-10-8-17-12(16)14-10)13-7-9-4-2-1-3-5-9/h1-5,8,12,14,16H,6-7H2,(H,13,15). The summed E-state index contributed by atoms with van der Waals surface area (Å²) in [5.74, 6) is 0.0237. The number of thiol groups is 1. The van der Waals surface area contributed by atoms with E-state index in [2.05, 4.69) is 23.3 Å². The smallest absolute Gasteiger partial charge is 0.226 e. The molecule has 1 aromatic rings. The van der Waals surface area contributed by atoms with Gasteiger partial charge >= 0.3 is 0 Å². The maximum absolute atomic E-state index is 11.7. The highest BCUT2D eigenvalue weighted by molar-refractivity contribution is 8.12. The molecule has 3 nitrogen and oxygen atoms in total. The molecule has 2 rings (SSSR count). The summed E-state index contributed by atoms with van der Waals surface area (Å²) in [4.78, 5) is 11.7. The minimum atomic E-state index is 0.0237. The molecule has 0 aliphatic carbocycles. The molecule has 0 spiro atoms. The second kappa shape index (κ2) is 6.02. The van der Waals surface area contributed by atoms with Gasteiger partial charge in [0.25, 0.3) is 0 Å². The molecular weight excluding hydrogens is 252 g/mol. The molecule has 5 heteroatoms. The Kier molecular flexibility index (Phi) is 4.39. The molecule has 0 aromatic heterocycles. The zero-order chi connectivity index (χ0) is 12.1. The number of benzene rings is 1. The van der Waals surface area contributed by atoms with E-state index in [1.807, 2.05) is 35.7 Å². The minimum absolute atomic E-state index is 0.0237. The topological polar surface area (TPSA) is 41.1 Å². The lowest BCUT2D eigenvalue weighted by Crippen LogP contribution is -2.26. The summed E-state index contributed by atoms with van der Waals surface area (Å²) >= 11 is 5.82. The lowest BCUT2D eigenvalue weighted by atomic mass is 10.2. The van der Waals surface area contributed by atoms with Crippen molar-refractivity contribution in [1.82, 2.24) is 10.6 Å². The summed E-state index contributed by atoms with van der Waals surface area (Å²) in [6.45, 7) is 0.574. The largest absolute Gasteiger partial charge is 0.367 e. The van der Waals surface area contributed by atoms with Crippen molar-refractivity contribution in [3.05, 3.63) is 47.0 Å². The summed E-state index contributed by atoms with van der Waals surface area (Å²) in [6.07, 6.45) is 0.386. The van der Waals surface area contributed by atoms with Gasteiger partial charge in [-0.1, -0.05) is 42.1 Å². The van der Waals surface area contributed by atoms with Gasteiger partial charge in [-0.25, -0.2) is 0 Å². The molecule has 90 valence electrons. The molecule has 1 aromatic carbocycles. The van der Waals surface area contributed by atoms with Crippen LogP contribution >= 0.6 is 24.4 Å². The van der Waals surface area contributed by atoms with Crippen molar-refractivity contribution in [2.24, 2.45) is 0 Å². The van der Waals surface area contributed by atoms with Crippen LogP contribution in [0.1, 0.15) is 12.0 Å². The minimum Gasteiger partial charge on any atom is -0.367 e. The van der Waals surface area contributed by atoms with Crippen LogP contribution in [0.25, 0.3) is 0 Å². The van der Waals surface area contributed by atoms with Gasteiger partial charge in [-0.15, -0.1) is 12.6 Å². The lowest BCUT2D eigenvalue weighted by Gasteiger charge is -2.08. The van der Waals surface area contributed by atoms with Gasteiger partial charge in [0.2, 0.25) is 5.91 Å². The Morgan fingerprint density at radius 1 is 1.41 bits per heavy atom. The Hall–Kier alpha value is -1.07. The monoisotopic (exact) mass is 266 g/mol. The molecule has 17 heavy (non-hydrogen) atoms. The molecule has 0 saturated heterocycles. The van der Waals surface area contributed by atoms with E-state index in [4.69, 9.17) is 0 Å². The van der Waals surface area contributed by atoms with E-state index in [0.717, 1.165) is 11.3 Å². The van der Waals surface area contributed by atoms with Crippen molar-refractivity contribution in [3.63, 3.8) is 0 Å². The highest BCUT2D eigenvalue weighted by Gasteiger charge is 2.14. The first-order valence-electron chi connectivity index (χ1n) is 5.34. The zero-order valence-corrected chi connectivity index (χ0v) is 10.9. The summed E-state index contributed by atoms with van der Waals surface area (Å²) < 4.78 is 0.0759. The van der Waals surface area contributed by atoms with E-state index < -0.39 is 0 Å². The first-order valence-corrected chi connectivity index (χ1v) is 6.80. The number of rotatable bonds is 4. The molecule has 1 aliphatic rings. The second-order valence-electron chi connectivity index (χ2n) is 3.71. The van der Waals surface area contributed by atoms with Crippen LogP contribution in [-0.4, -0.2) is 10.6 Å². The third-order valence-electron chi connectivity index (χ3n) is 2.33. The van der Waals surface area contributed by atoms with Crippen LogP contribution in [0, 0.1) is 0 Å². The number of hydrogen-bond acceptors (Lipinski definition) is 4. The summed E-state index contributed by atoms with van der Waals surface area (Å²) in [5, 5.41) is 7.94. The summed E-state index contributed by atoms with van der Waals surface area (Å²) in [6, 6.07) is 9.87. The fourth-order valence-corrected chi connectivity index (χ4v) is 2.51. The lowest BCUT2D eigenvalue weighted by molar-refractivity contribution is -0.120.